The van der Waals surface area contributed by atoms with Crippen LogP contribution in [0.15, 0.2) is 0 Å². The molecule has 0 rings (SSSR count). The van der Waals surface area contributed by atoms with Crippen LogP contribution in [0.1, 0.15) is 0 Å². The van der Waals surface area contributed by atoms with Crippen molar-refractivity contribution < 1.29 is 81.6 Å². The minimum absolute atomic E-state index is 0. The van der Waals surface area contributed by atoms with Crippen molar-refractivity contribution in [3.05, 3.63) is 0 Å². The van der Waals surface area contributed by atoms with Crippen molar-refractivity contribution in [2.24, 2.45) is 0 Å². The first-order valence-electron chi connectivity index (χ1n) is 0.816. The van der Waals surface area contributed by atoms with Crippen LogP contribution in [-0.2, 0) is 0 Å². The maximum absolute atomic E-state index is 8.58. The molecular weight excluding hydrogens is 238 g/mol. The molecule has 0 fully saturated rings. The second kappa shape index (κ2) is 37.7. The van der Waals surface area contributed by atoms with Gasteiger partial charge in [-0.2, -0.15) is 0 Å². The van der Waals surface area contributed by atoms with Gasteiger partial charge in [-0.25, -0.2) is 0 Å². The molecule has 0 aliphatic carbocycles. The summed E-state index contributed by atoms with van der Waals surface area (Å²) in [5.41, 5.74) is 0. The van der Waals surface area contributed by atoms with Gasteiger partial charge in [-0.1, -0.05) is 0 Å². The van der Waals surface area contributed by atoms with E-state index < -0.39 is 9.05 Å². The van der Waals surface area contributed by atoms with Crippen molar-refractivity contribution in [2.75, 3.05) is 0 Å². The molecule has 13 heteroatoms. The van der Waals surface area contributed by atoms with Crippen LogP contribution in [-0.4, -0.2) is 59.3 Å². The molecular formula is H12AlNaO10Si. The van der Waals surface area contributed by atoms with Gasteiger partial charge in [-0.15, -0.1) is 0 Å². The topological polar surface area (TPSA) is 281 Å². The van der Waals surface area contributed by atoms with Crippen LogP contribution in [0.5, 0.6) is 0 Å². The quantitative estimate of drug-likeness (QED) is 0.377. The van der Waals surface area contributed by atoms with Crippen LogP contribution in [0, 0.1) is 0 Å². The second-order valence-electron chi connectivity index (χ2n) is 0.500. The minimum Gasteiger partial charge on any atom is -0.894 e. The van der Waals surface area contributed by atoms with E-state index in [0.717, 1.165) is 0 Å². The molecule has 0 radical (unpaired) electrons. The predicted octanol–water partition coefficient (Wildman–Crippen LogP) is -13.5. The van der Waals surface area contributed by atoms with E-state index in [1.165, 1.54) is 0 Å². The Morgan fingerprint density at radius 2 is 0.538 bits per heavy atom. The van der Waals surface area contributed by atoms with Crippen LogP contribution in [0.25, 0.3) is 0 Å². The Bertz CT molecular complexity index is 30.4. The second-order valence-corrected chi connectivity index (χ2v) is 1.50. The van der Waals surface area contributed by atoms with Crippen LogP contribution in [0.3, 0.4) is 0 Å². The monoisotopic (exact) mass is 250 g/mol. The van der Waals surface area contributed by atoms with Crippen molar-refractivity contribution in [1.29, 1.82) is 0 Å². The van der Waals surface area contributed by atoms with Crippen LogP contribution in [0.2, 0.25) is 0 Å². The molecule has 0 aromatic carbocycles. The number of rotatable bonds is 0. The molecule has 0 aliphatic heterocycles. The van der Waals surface area contributed by atoms with E-state index in [1.807, 2.05) is 0 Å². The van der Waals surface area contributed by atoms with E-state index in [4.69, 9.17) is 19.2 Å². The van der Waals surface area contributed by atoms with Gasteiger partial charge >= 0.3 is 46.9 Å². The smallest absolute Gasteiger partial charge is 0.894 e. The Balaban J connectivity index is -0.00000000286. The third-order valence-corrected chi connectivity index (χ3v) is 0. The molecule has 0 aliphatic rings. The normalized spacial score (nSPS) is 4.62. The average Bonchev–Trinajstić information content (AvgIpc) is 0.722. The summed E-state index contributed by atoms with van der Waals surface area (Å²) in [6.07, 6.45) is 0. The fourth-order valence-electron chi connectivity index (χ4n) is 0. The largest absolute Gasteiger partial charge is 3.00 e. The van der Waals surface area contributed by atoms with Crippen molar-refractivity contribution >= 4 is 26.4 Å². The zero-order valence-corrected chi connectivity index (χ0v) is 10.9. The summed E-state index contributed by atoms with van der Waals surface area (Å²) in [7, 11) is -5.61. The first kappa shape index (κ1) is 89.4. The molecule has 0 aromatic heterocycles. The molecule has 0 amide bonds. The van der Waals surface area contributed by atoms with E-state index >= 15 is 0 Å². The summed E-state index contributed by atoms with van der Waals surface area (Å²) in [6.45, 7) is 0. The summed E-state index contributed by atoms with van der Waals surface area (Å²) >= 11 is 0. The Morgan fingerprint density at radius 3 is 0.538 bits per heavy atom. The van der Waals surface area contributed by atoms with Gasteiger partial charge in [-0.3, -0.25) is 0 Å². The van der Waals surface area contributed by atoms with Gasteiger partial charge in [-0.05, 0) is 0 Å². The SMILES string of the molecule is O.O.O.O.O.O.[Al+3].[Na+].[O-][Si]([O-])([O-])[O-]. The first-order valence-corrected chi connectivity index (χ1v) is 2.45. The molecule has 0 bridgehead atoms. The van der Waals surface area contributed by atoms with Crippen molar-refractivity contribution in [2.45, 2.75) is 0 Å². The fraction of sp³-hybridized carbons (Fsp3) is 0. The molecule has 0 aromatic rings. The van der Waals surface area contributed by atoms with Crippen LogP contribution in [0.4, 0.5) is 0 Å². The molecule has 0 spiro atoms. The molecule has 12 N–H and O–H groups in total. The van der Waals surface area contributed by atoms with Gasteiger partial charge in [0.2, 0.25) is 0 Å². The number of hydrogen-bond acceptors (Lipinski definition) is 4. The molecule has 0 saturated carbocycles. The van der Waals surface area contributed by atoms with Gasteiger partial charge < -0.3 is 61.1 Å². The third-order valence-electron chi connectivity index (χ3n) is 0. The van der Waals surface area contributed by atoms with E-state index in [9.17, 15) is 0 Å². The zero-order chi connectivity index (χ0) is 4.50. The molecule has 0 unspecified atom stereocenters. The van der Waals surface area contributed by atoms with Crippen LogP contribution >= 0.6 is 0 Å². The summed E-state index contributed by atoms with van der Waals surface area (Å²) in [5, 5.41) is 0. The number of hydrogen-bond donors (Lipinski definition) is 0. The summed E-state index contributed by atoms with van der Waals surface area (Å²) < 4.78 is 0. The molecule has 0 saturated heterocycles. The van der Waals surface area contributed by atoms with Gasteiger partial charge in [0, 0.05) is 0 Å². The maximum atomic E-state index is 8.58. The van der Waals surface area contributed by atoms with Crippen molar-refractivity contribution in [3.8, 4) is 0 Å². The Hall–Kier alpha value is 1.35. The fourth-order valence-corrected chi connectivity index (χ4v) is 0. The summed E-state index contributed by atoms with van der Waals surface area (Å²) in [5.74, 6) is 0. The van der Waals surface area contributed by atoms with Crippen molar-refractivity contribution in [1.82, 2.24) is 0 Å². The molecule has 80 valence electrons. The summed E-state index contributed by atoms with van der Waals surface area (Å²) in [6, 6.07) is 0. The van der Waals surface area contributed by atoms with Gasteiger partial charge in [0.05, 0.1) is 0 Å². The van der Waals surface area contributed by atoms with E-state index in [-0.39, 0.29) is 79.8 Å². The van der Waals surface area contributed by atoms with Gasteiger partial charge in [0.1, 0.15) is 0 Å². The van der Waals surface area contributed by atoms with E-state index in [0.29, 0.717) is 0 Å². The maximum Gasteiger partial charge on any atom is 3.00 e. The molecule has 0 heterocycles. The van der Waals surface area contributed by atoms with Crippen LogP contribution < -0.4 is 48.7 Å². The standard InChI is InChI=1S/Al.Na.O4Si.6H2O/c;;1-5(2,3)4;;;;;;/h;;;6*1H2/q+3;+1;-4;;;;;;. The Kier molecular flexibility index (Phi) is 259. The van der Waals surface area contributed by atoms with E-state index in [1.54, 1.807) is 0 Å². The first-order chi connectivity index (χ1) is 2.00. The Labute approximate surface area is 108 Å². The summed E-state index contributed by atoms with van der Waals surface area (Å²) in [4.78, 5) is 34.3. The molecule has 13 heavy (non-hydrogen) atoms. The third kappa shape index (κ3) is 944. The van der Waals surface area contributed by atoms with E-state index in [2.05, 4.69) is 0 Å². The zero-order valence-electron chi connectivity index (χ0n) is 6.71. The average molecular weight is 250 g/mol. The van der Waals surface area contributed by atoms with Gasteiger partial charge in [0.25, 0.3) is 0 Å². The predicted molar refractivity (Wildman–Crippen MR) is 33.2 cm³/mol. The minimum atomic E-state index is -5.61. The van der Waals surface area contributed by atoms with Gasteiger partial charge in [0.15, 0.2) is 0 Å². The molecule has 10 nitrogen and oxygen atoms in total. The Morgan fingerprint density at radius 1 is 0.538 bits per heavy atom. The van der Waals surface area contributed by atoms with Crippen molar-refractivity contribution in [3.63, 3.8) is 0 Å². The molecule has 0 atom stereocenters.